The van der Waals surface area contributed by atoms with Crippen LogP contribution in [-0.4, -0.2) is 79.9 Å². The standard InChI is InChI=1S/C5H10O4.C3H6O3.2C2H4O2/c1-4(7)9-3-5(8)2-6;1-2(4)3(5)6;2*1-2(3)4/h5-6,8H,2-3H2,1H3;2,4H,1H3,(H,5,6);2*1H3,(H,3,4). The first-order valence-corrected chi connectivity index (χ1v) is 6.00. The molecule has 2 atom stereocenters. The van der Waals surface area contributed by atoms with Gasteiger partial charge in [-0.2, -0.15) is 0 Å². The van der Waals surface area contributed by atoms with Crippen LogP contribution in [0.15, 0.2) is 0 Å². The van der Waals surface area contributed by atoms with E-state index in [4.69, 9.17) is 40.2 Å². The second-order valence-corrected chi connectivity index (χ2v) is 3.69. The second-order valence-electron chi connectivity index (χ2n) is 3.69. The van der Waals surface area contributed by atoms with E-state index in [1.54, 1.807) is 0 Å². The Kier molecular flexibility index (Phi) is 24.8. The number of carbonyl (C=O) groups is 4. The van der Waals surface area contributed by atoms with E-state index in [1.807, 2.05) is 0 Å². The van der Waals surface area contributed by atoms with Crippen molar-refractivity contribution in [1.29, 1.82) is 0 Å². The molecule has 138 valence electrons. The van der Waals surface area contributed by atoms with Gasteiger partial charge >= 0.3 is 11.9 Å². The molecule has 2 unspecified atom stereocenters. The number of hydrogen-bond acceptors (Lipinski definition) is 8. The number of carbonyl (C=O) groups excluding carboxylic acids is 1. The Morgan fingerprint density at radius 2 is 1.17 bits per heavy atom. The molecular weight excluding hydrogens is 320 g/mol. The van der Waals surface area contributed by atoms with E-state index in [0.717, 1.165) is 13.8 Å². The third-order valence-corrected chi connectivity index (χ3v) is 1.05. The summed E-state index contributed by atoms with van der Waals surface area (Å²) in [6, 6.07) is 0. The van der Waals surface area contributed by atoms with Crippen LogP contribution in [-0.2, 0) is 23.9 Å². The zero-order chi connectivity index (χ0) is 19.6. The summed E-state index contributed by atoms with van der Waals surface area (Å²) in [6.45, 7) is 4.09. The molecule has 0 aromatic heterocycles. The predicted octanol–water partition coefficient (Wildman–Crippen LogP) is -1.46. The number of ether oxygens (including phenoxy) is 1. The number of hydrogen-bond donors (Lipinski definition) is 6. The van der Waals surface area contributed by atoms with E-state index in [-0.39, 0.29) is 13.2 Å². The van der Waals surface area contributed by atoms with Gasteiger partial charge in [0.15, 0.2) is 0 Å². The van der Waals surface area contributed by atoms with Crippen molar-refractivity contribution in [2.45, 2.75) is 39.9 Å². The molecule has 11 nitrogen and oxygen atoms in total. The van der Waals surface area contributed by atoms with Gasteiger partial charge in [-0.15, -0.1) is 0 Å². The number of carboxylic acid groups (broad SMARTS) is 3. The predicted molar refractivity (Wildman–Crippen MR) is 75.7 cm³/mol. The van der Waals surface area contributed by atoms with Crippen molar-refractivity contribution in [3.8, 4) is 0 Å². The lowest BCUT2D eigenvalue weighted by Gasteiger charge is -2.05. The monoisotopic (exact) mass is 344 g/mol. The number of carboxylic acids is 3. The molecule has 0 rings (SSSR count). The maximum absolute atomic E-state index is 10.0. The van der Waals surface area contributed by atoms with Crippen LogP contribution in [0.3, 0.4) is 0 Å². The molecule has 0 aromatic rings. The number of aliphatic hydroxyl groups is 3. The van der Waals surface area contributed by atoms with Crippen molar-refractivity contribution in [3.05, 3.63) is 0 Å². The Morgan fingerprint density at radius 1 is 0.913 bits per heavy atom. The zero-order valence-electron chi connectivity index (χ0n) is 13.3. The molecule has 0 saturated heterocycles. The Labute approximate surface area is 132 Å². The normalized spacial score (nSPS) is 10.7. The first-order chi connectivity index (χ1) is 10.3. The Balaban J connectivity index is -0.000000112. The SMILES string of the molecule is CC(=O)O.CC(=O)O.CC(=O)OCC(O)CO.CC(O)C(=O)O. The molecule has 0 amide bonds. The van der Waals surface area contributed by atoms with E-state index in [2.05, 4.69) is 4.74 Å². The van der Waals surface area contributed by atoms with Crippen LogP contribution >= 0.6 is 0 Å². The van der Waals surface area contributed by atoms with Gasteiger partial charge in [0.05, 0.1) is 6.61 Å². The average Bonchev–Trinajstić information content (AvgIpc) is 2.35. The van der Waals surface area contributed by atoms with Crippen LogP contribution in [0, 0.1) is 0 Å². The van der Waals surface area contributed by atoms with Crippen LogP contribution in [0.2, 0.25) is 0 Å². The van der Waals surface area contributed by atoms with Crippen molar-refractivity contribution in [3.63, 3.8) is 0 Å². The largest absolute Gasteiger partial charge is 0.481 e. The van der Waals surface area contributed by atoms with Crippen LogP contribution in [0.4, 0.5) is 0 Å². The first-order valence-electron chi connectivity index (χ1n) is 6.00. The summed E-state index contributed by atoms with van der Waals surface area (Å²) < 4.78 is 4.35. The maximum Gasteiger partial charge on any atom is 0.332 e. The highest BCUT2D eigenvalue weighted by atomic mass is 16.5. The number of aliphatic carboxylic acids is 3. The number of rotatable bonds is 4. The fourth-order valence-electron chi connectivity index (χ4n) is 0.266. The van der Waals surface area contributed by atoms with E-state index in [9.17, 15) is 9.59 Å². The summed E-state index contributed by atoms with van der Waals surface area (Å²) in [7, 11) is 0. The molecule has 0 heterocycles. The fraction of sp³-hybridized carbons (Fsp3) is 0.667. The molecule has 0 aliphatic heterocycles. The summed E-state index contributed by atoms with van der Waals surface area (Å²) in [5.74, 6) is -3.31. The van der Waals surface area contributed by atoms with E-state index < -0.39 is 36.1 Å². The third kappa shape index (κ3) is 81.2. The van der Waals surface area contributed by atoms with E-state index >= 15 is 0 Å². The van der Waals surface area contributed by atoms with Crippen LogP contribution in [0.1, 0.15) is 27.7 Å². The molecule has 6 N–H and O–H groups in total. The number of aliphatic hydroxyl groups excluding tert-OH is 3. The van der Waals surface area contributed by atoms with E-state index in [1.165, 1.54) is 13.8 Å². The van der Waals surface area contributed by atoms with Gasteiger partial charge in [0, 0.05) is 20.8 Å². The molecule has 23 heavy (non-hydrogen) atoms. The fourth-order valence-corrected chi connectivity index (χ4v) is 0.266. The second kappa shape index (κ2) is 19.8. The van der Waals surface area contributed by atoms with Crippen LogP contribution < -0.4 is 0 Å². The summed E-state index contributed by atoms with van der Waals surface area (Å²) in [5.41, 5.74) is 0. The molecule has 0 aromatic carbocycles. The average molecular weight is 344 g/mol. The minimum Gasteiger partial charge on any atom is -0.481 e. The molecule has 0 saturated carbocycles. The van der Waals surface area contributed by atoms with E-state index in [0.29, 0.717) is 0 Å². The van der Waals surface area contributed by atoms with Gasteiger partial charge in [-0.3, -0.25) is 14.4 Å². The topological polar surface area (TPSA) is 199 Å². The molecular formula is C12H24O11. The van der Waals surface area contributed by atoms with Gasteiger partial charge < -0.3 is 35.4 Å². The van der Waals surface area contributed by atoms with Gasteiger partial charge in [0.25, 0.3) is 11.9 Å². The lowest BCUT2D eigenvalue weighted by molar-refractivity contribution is -0.146. The number of esters is 1. The van der Waals surface area contributed by atoms with Gasteiger partial charge in [0.2, 0.25) is 0 Å². The highest BCUT2D eigenvalue weighted by molar-refractivity contribution is 5.71. The first kappa shape index (κ1) is 28.9. The van der Waals surface area contributed by atoms with Crippen molar-refractivity contribution in [2.24, 2.45) is 0 Å². The summed E-state index contributed by atoms with van der Waals surface area (Å²) >= 11 is 0. The quantitative estimate of drug-likeness (QED) is 0.325. The zero-order valence-corrected chi connectivity index (χ0v) is 13.3. The lowest BCUT2D eigenvalue weighted by Crippen LogP contribution is -2.20. The Morgan fingerprint density at radius 3 is 1.30 bits per heavy atom. The summed E-state index contributed by atoms with van der Waals surface area (Å²) in [6.07, 6.45) is -2.18. The molecule has 0 bridgehead atoms. The summed E-state index contributed by atoms with van der Waals surface area (Å²) in [5, 5.41) is 47.4. The van der Waals surface area contributed by atoms with Crippen LogP contribution in [0.25, 0.3) is 0 Å². The van der Waals surface area contributed by atoms with Crippen molar-refractivity contribution in [2.75, 3.05) is 13.2 Å². The Bertz CT molecular complexity index is 318. The van der Waals surface area contributed by atoms with Crippen molar-refractivity contribution < 1.29 is 54.6 Å². The third-order valence-electron chi connectivity index (χ3n) is 1.05. The van der Waals surface area contributed by atoms with Crippen molar-refractivity contribution >= 4 is 23.9 Å². The van der Waals surface area contributed by atoms with Gasteiger partial charge in [-0.05, 0) is 6.92 Å². The molecule has 0 fully saturated rings. The highest BCUT2D eigenvalue weighted by Gasteiger charge is 2.02. The molecule has 0 aliphatic carbocycles. The smallest absolute Gasteiger partial charge is 0.332 e. The molecule has 11 heteroatoms. The minimum absolute atomic E-state index is 0.133. The molecule has 0 aliphatic rings. The maximum atomic E-state index is 10.0. The van der Waals surface area contributed by atoms with Gasteiger partial charge in [-0.1, -0.05) is 0 Å². The minimum atomic E-state index is -1.23. The molecule has 0 spiro atoms. The van der Waals surface area contributed by atoms with Gasteiger partial charge in [0.1, 0.15) is 18.8 Å². The highest BCUT2D eigenvalue weighted by Crippen LogP contribution is 1.83. The van der Waals surface area contributed by atoms with Crippen molar-refractivity contribution in [1.82, 2.24) is 0 Å². The van der Waals surface area contributed by atoms with Gasteiger partial charge in [-0.25, -0.2) is 4.79 Å². The Hall–Kier alpha value is -2.24. The van der Waals surface area contributed by atoms with Crippen LogP contribution in [0.5, 0.6) is 0 Å². The lowest BCUT2D eigenvalue weighted by atomic mass is 10.4. The summed E-state index contributed by atoms with van der Waals surface area (Å²) in [4.78, 5) is 37.5. The molecule has 0 radical (unpaired) electrons.